The van der Waals surface area contributed by atoms with Crippen molar-refractivity contribution in [1.82, 2.24) is 10.6 Å². The van der Waals surface area contributed by atoms with Crippen molar-refractivity contribution in [2.24, 2.45) is 5.92 Å². The average molecular weight is 186 g/mol. The molecule has 1 saturated heterocycles. The molecule has 13 heavy (non-hydrogen) atoms. The Morgan fingerprint density at radius 1 is 1.62 bits per heavy atom. The van der Waals surface area contributed by atoms with Crippen molar-refractivity contribution >= 4 is 0 Å². The molecular weight excluding hydrogens is 164 g/mol. The molecule has 2 unspecified atom stereocenters. The summed E-state index contributed by atoms with van der Waals surface area (Å²) in [5, 5.41) is 15.6. The standard InChI is InChI=1S/C10H22N2O/c1-9(4-6-13)7-11-8-10-3-2-5-12-10/h9-13H,2-8H2,1H3. The van der Waals surface area contributed by atoms with E-state index in [1.807, 2.05) is 0 Å². The van der Waals surface area contributed by atoms with Crippen molar-refractivity contribution < 1.29 is 5.11 Å². The van der Waals surface area contributed by atoms with Crippen LogP contribution in [0.1, 0.15) is 26.2 Å². The van der Waals surface area contributed by atoms with E-state index in [-0.39, 0.29) is 0 Å². The molecule has 0 aromatic heterocycles. The van der Waals surface area contributed by atoms with E-state index < -0.39 is 0 Å². The fraction of sp³-hybridized carbons (Fsp3) is 1.00. The zero-order valence-corrected chi connectivity index (χ0v) is 8.55. The van der Waals surface area contributed by atoms with E-state index in [0.717, 1.165) is 19.5 Å². The summed E-state index contributed by atoms with van der Waals surface area (Å²) in [6.07, 6.45) is 3.53. The predicted octanol–water partition coefficient (Wildman–Crippen LogP) is 0.346. The van der Waals surface area contributed by atoms with Gasteiger partial charge in [-0.15, -0.1) is 0 Å². The molecule has 1 aliphatic heterocycles. The Balaban J connectivity index is 1.93. The molecule has 0 amide bonds. The molecule has 1 heterocycles. The van der Waals surface area contributed by atoms with E-state index in [2.05, 4.69) is 17.6 Å². The molecule has 0 spiro atoms. The maximum Gasteiger partial charge on any atom is 0.0434 e. The van der Waals surface area contributed by atoms with Gasteiger partial charge < -0.3 is 15.7 Å². The Bertz CT molecular complexity index is 124. The van der Waals surface area contributed by atoms with Gasteiger partial charge in [-0.2, -0.15) is 0 Å². The fourth-order valence-corrected chi connectivity index (χ4v) is 1.76. The Labute approximate surface area is 80.9 Å². The van der Waals surface area contributed by atoms with Crippen LogP contribution < -0.4 is 10.6 Å². The van der Waals surface area contributed by atoms with E-state index in [9.17, 15) is 0 Å². The molecule has 3 N–H and O–H groups in total. The molecule has 78 valence electrons. The lowest BCUT2D eigenvalue weighted by Gasteiger charge is -2.14. The van der Waals surface area contributed by atoms with Gasteiger partial charge in [0.1, 0.15) is 0 Å². The molecule has 0 radical (unpaired) electrons. The molecule has 1 fully saturated rings. The SMILES string of the molecule is CC(CCO)CNCC1CCCN1. The molecule has 0 aliphatic carbocycles. The van der Waals surface area contributed by atoms with E-state index >= 15 is 0 Å². The number of aliphatic hydroxyl groups is 1. The van der Waals surface area contributed by atoms with E-state index in [4.69, 9.17) is 5.11 Å². The Morgan fingerprint density at radius 3 is 3.08 bits per heavy atom. The molecule has 3 nitrogen and oxygen atoms in total. The molecule has 3 heteroatoms. The lowest BCUT2D eigenvalue weighted by molar-refractivity contribution is 0.259. The Kier molecular flexibility index (Phi) is 5.35. The van der Waals surface area contributed by atoms with Crippen LogP contribution in [0.15, 0.2) is 0 Å². The van der Waals surface area contributed by atoms with Crippen LogP contribution in [0.4, 0.5) is 0 Å². The van der Waals surface area contributed by atoms with Gasteiger partial charge in [0.2, 0.25) is 0 Å². The third kappa shape index (κ3) is 4.60. The molecule has 1 rings (SSSR count). The minimum absolute atomic E-state index is 0.310. The zero-order valence-electron chi connectivity index (χ0n) is 8.55. The van der Waals surface area contributed by atoms with E-state index in [1.165, 1.54) is 19.4 Å². The molecule has 2 atom stereocenters. The van der Waals surface area contributed by atoms with E-state index in [0.29, 0.717) is 18.6 Å². The van der Waals surface area contributed by atoms with Crippen LogP contribution in [0.2, 0.25) is 0 Å². The van der Waals surface area contributed by atoms with Crippen molar-refractivity contribution in [2.75, 3.05) is 26.2 Å². The maximum absolute atomic E-state index is 8.71. The summed E-state index contributed by atoms with van der Waals surface area (Å²) in [7, 11) is 0. The van der Waals surface area contributed by atoms with Gasteiger partial charge in [0.05, 0.1) is 0 Å². The summed E-state index contributed by atoms with van der Waals surface area (Å²) in [5.41, 5.74) is 0. The summed E-state index contributed by atoms with van der Waals surface area (Å²) in [4.78, 5) is 0. The van der Waals surface area contributed by atoms with Gasteiger partial charge in [-0.3, -0.25) is 0 Å². The largest absolute Gasteiger partial charge is 0.396 e. The quantitative estimate of drug-likeness (QED) is 0.561. The lowest BCUT2D eigenvalue weighted by Crippen LogP contribution is -2.35. The highest BCUT2D eigenvalue weighted by atomic mass is 16.3. The lowest BCUT2D eigenvalue weighted by atomic mass is 10.1. The molecule has 0 aromatic carbocycles. The zero-order chi connectivity index (χ0) is 9.52. The molecule has 0 saturated carbocycles. The second-order valence-electron chi connectivity index (χ2n) is 4.07. The van der Waals surface area contributed by atoms with Crippen molar-refractivity contribution in [3.63, 3.8) is 0 Å². The highest BCUT2D eigenvalue weighted by Gasteiger charge is 2.13. The van der Waals surface area contributed by atoms with Crippen molar-refractivity contribution in [2.45, 2.75) is 32.2 Å². The molecule has 0 bridgehead atoms. The summed E-state index contributed by atoms with van der Waals surface area (Å²) in [6, 6.07) is 0.682. The van der Waals surface area contributed by atoms with Crippen LogP contribution in [0, 0.1) is 5.92 Å². The molecular formula is C10H22N2O. The van der Waals surface area contributed by atoms with Crippen molar-refractivity contribution in [3.8, 4) is 0 Å². The molecule has 1 aliphatic rings. The van der Waals surface area contributed by atoms with Crippen LogP contribution in [0.25, 0.3) is 0 Å². The fourth-order valence-electron chi connectivity index (χ4n) is 1.76. The van der Waals surface area contributed by atoms with Gasteiger partial charge in [-0.1, -0.05) is 6.92 Å². The first-order valence-electron chi connectivity index (χ1n) is 5.38. The van der Waals surface area contributed by atoms with Crippen molar-refractivity contribution in [1.29, 1.82) is 0 Å². The van der Waals surface area contributed by atoms with Crippen LogP contribution in [-0.4, -0.2) is 37.4 Å². The van der Waals surface area contributed by atoms with E-state index in [1.54, 1.807) is 0 Å². The number of aliphatic hydroxyl groups excluding tert-OH is 1. The molecule has 0 aromatic rings. The summed E-state index contributed by atoms with van der Waals surface area (Å²) >= 11 is 0. The number of nitrogens with one attached hydrogen (secondary N) is 2. The third-order valence-corrected chi connectivity index (χ3v) is 2.67. The highest BCUT2D eigenvalue weighted by Crippen LogP contribution is 2.04. The number of hydrogen-bond donors (Lipinski definition) is 3. The second kappa shape index (κ2) is 6.35. The smallest absolute Gasteiger partial charge is 0.0434 e. The Hall–Kier alpha value is -0.120. The normalized spacial score (nSPS) is 24.9. The monoisotopic (exact) mass is 186 g/mol. The van der Waals surface area contributed by atoms with Gasteiger partial charge in [-0.05, 0) is 38.3 Å². The van der Waals surface area contributed by atoms with Crippen LogP contribution >= 0.6 is 0 Å². The highest BCUT2D eigenvalue weighted by molar-refractivity contribution is 4.76. The van der Waals surface area contributed by atoms with Gasteiger partial charge in [0.25, 0.3) is 0 Å². The minimum Gasteiger partial charge on any atom is -0.396 e. The first-order valence-corrected chi connectivity index (χ1v) is 5.38. The first-order chi connectivity index (χ1) is 6.33. The van der Waals surface area contributed by atoms with Gasteiger partial charge in [-0.25, -0.2) is 0 Å². The maximum atomic E-state index is 8.71. The van der Waals surface area contributed by atoms with Crippen LogP contribution in [0.5, 0.6) is 0 Å². The van der Waals surface area contributed by atoms with Crippen LogP contribution in [0.3, 0.4) is 0 Å². The van der Waals surface area contributed by atoms with Gasteiger partial charge >= 0.3 is 0 Å². The number of hydrogen-bond acceptors (Lipinski definition) is 3. The van der Waals surface area contributed by atoms with Crippen molar-refractivity contribution in [3.05, 3.63) is 0 Å². The topological polar surface area (TPSA) is 44.3 Å². The summed E-state index contributed by atoms with van der Waals surface area (Å²) < 4.78 is 0. The third-order valence-electron chi connectivity index (χ3n) is 2.67. The second-order valence-corrected chi connectivity index (χ2v) is 4.07. The summed E-state index contributed by atoms with van der Waals surface area (Å²) in [5.74, 6) is 0.589. The Morgan fingerprint density at radius 2 is 2.46 bits per heavy atom. The minimum atomic E-state index is 0.310. The van der Waals surface area contributed by atoms with Gasteiger partial charge in [0, 0.05) is 19.2 Å². The number of rotatable bonds is 6. The first kappa shape index (κ1) is 11.0. The van der Waals surface area contributed by atoms with Crippen LogP contribution in [-0.2, 0) is 0 Å². The van der Waals surface area contributed by atoms with Gasteiger partial charge in [0.15, 0.2) is 0 Å². The average Bonchev–Trinajstić information content (AvgIpc) is 2.57. The predicted molar refractivity (Wildman–Crippen MR) is 54.8 cm³/mol. The summed E-state index contributed by atoms with van der Waals surface area (Å²) in [6.45, 7) is 5.77.